The Balaban J connectivity index is 4.91. The van der Waals surface area contributed by atoms with Crippen molar-refractivity contribution < 1.29 is 15.0 Å². The molecule has 0 aliphatic rings. The summed E-state index contributed by atoms with van der Waals surface area (Å²) < 4.78 is 0. The highest BCUT2D eigenvalue weighted by atomic mass is 16.4. The number of carboxylic acid groups (broad SMARTS) is 1. The van der Waals surface area contributed by atoms with Gasteiger partial charge in [-0.15, -0.1) is 0 Å². The molecule has 0 aliphatic carbocycles. The van der Waals surface area contributed by atoms with Crippen LogP contribution in [0.2, 0.25) is 0 Å². The zero-order chi connectivity index (χ0) is 12.3. The molecule has 15 heavy (non-hydrogen) atoms. The van der Waals surface area contributed by atoms with Crippen LogP contribution in [0.1, 0.15) is 53.9 Å². The number of hydrogen-bond donors (Lipinski definition) is 2. The first-order chi connectivity index (χ1) is 6.72. The zero-order valence-electron chi connectivity index (χ0n) is 10.5. The van der Waals surface area contributed by atoms with Gasteiger partial charge in [-0.05, 0) is 32.1 Å². The third-order valence-corrected chi connectivity index (χ3v) is 3.75. The van der Waals surface area contributed by atoms with E-state index in [2.05, 4.69) is 0 Å². The summed E-state index contributed by atoms with van der Waals surface area (Å²) in [6.07, 6.45) is 1.43. The Morgan fingerprint density at radius 3 is 1.87 bits per heavy atom. The van der Waals surface area contributed by atoms with E-state index in [0.717, 1.165) is 0 Å². The summed E-state index contributed by atoms with van der Waals surface area (Å²) >= 11 is 0. The summed E-state index contributed by atoms with van der Waals surface area (Å²) in [4.78, 5) is 11.3. The van der Waals surface area contributed by atoms with Crippen molar-refractivity contribution in [1.82, 2.24) is 0 Å². The number of carbonyl (C=O) groups is 1. The van der Waals surface area contributed by atoms with Gasteiger partial charge in [-0.2, -0.15) is 0 Å². The summed E-state index contributed by atoms with van der Waals surface area (Å²) in [5.41, 5.74) is -1.70. The molecule has 0 aromatic heterocycles. The smallest absolute Gasteiger partial charge is 0.309 e. The molecule has 1 unspecified atom stereocenters. The van der Waals surface area contributed by atoms with E-state index >= 15 is 0 Å². The average Bonchev–Trinajstić information content (AvgIpc) is 2.13. The van der Waals surface area contributed by atoms with Crippen LogP contribution in [0.5, 0.6) is 0 Å². The summed E-state index contributed by atoms with van der Waals surface area (Å²) in [6, 6.07) is 0. The first-order valence-corrected chi connectivity index (χ1v) is 5.67. The van der Waals surface area contributed by atoms with Gasteiger partial charge in [0, 0.05) is 0 Å². The fraction of sp³-hybridized carbons (Fsp3) is 0.917. The maximum atomic E-state index is 11.3. The Bertz CT molecular complexity index is 215. The van der Waals surface area contributed by atoms with Gasteiger partial charge >= 0.3 is 5.97 Å². The standard InChI is InChI=1S/C12H24O3/c1-6-12(7-2,10(13)14)8-11(5,15)9(3)4/h9,15H,6-8H2,1-5H3,(H,13,14). The van der Waals surface area contributed by atoms with Gasteiger partial charge in [-0.1, -0.05) is 27.7 Å². The lowest BCUT2D eigenvalue weighted by atomic mass is 9.71. The Labute approximate surface area is 92.5 Å². The third-order valence-electron chi connectivity index (χ3n) is 3.75. The molecule has 3 nitrogen and oxygen atoms in total. The molecule has 0 heterocycles. The predicted octanol–water partition coefficient (Wildman–Crippen LogP) is 2.67. The van der Waals surface area contributed by atoms with Crippen molar-refractivity contribution in [2.24, 2.45) is 11.3 Å². The minimum absolute atomic E-state index is 0.0642. The van der Waals surface area contributed by atoms with Gasteiger partial charge < -0.3 is 10.2 Å². The van der Waals surface area contributed by atoms with Crippen LogP contribution in [0.25, 0.3) is 0 Å². The number of aliphatic hydroxyl groups is 1. The Morgan fingerprint density at radius 2 is 1.67 bits per heavy atom. The van der Waals surface area contributed by atoms with E-state index in [-0.39, 0.29) is 5.92 Å². The van der Waals surface area contributed by atoms with Crippen LogP contribution < -0.4 is 0 Å². The molecule has 0 bridgehead atoms. The van der Waals surface area contributed by atoms with Crippen LogP contribution in [0, 0.1) is 11.3 Å². The van der Waals surface area contributed by atoms with E-state index in [1.807, 2.05) is 27.7 Å². The summed E-state index contributed by atoms with van der Waals surface area (Å²) in [5, 5.41) is 19.4. The Kier molecular flexibility index (Phi) is 4.78. The van der Waals surface area contributed by atoms with Gasteiger partial charge in [0.15, 0.2) is 0 Å². The molecule has 90 valence electrons. The fourth-order valence-electron chi connectivity index (χ4n) is 1.77. The third kappa shape index (κ3) is 3.20. The van der Waals surface area contributed by atoms with Crippen molar-refractivity contribution >= 4 is 5.97 Å². The first kappa shape index (κ1) is 14.4. The average molecular weight is 216 g/mol. The van der Waals surface area contributed by atoms with Crippen LogP contribution in [0.4, 0.5) is 0 Å². The molecule has 0 aliphatic heterocycles. The quantitative estimate of drug-likeness (QED) is 0.717. The number of aliphatic carboxylic acids is 1. The summed E-state index contributed by atoms with van der Waals surface area (Å²) in [7, 11) is 0. The van der Waals surface area contributed by atoms with E-state index in [4.69, 9.17) is 0 Å². The molecule has 3 heteroatoms. The predicted molar refractivity (Wildman–Crippen MR) is 60.7 cm³/mol. The van der Waals surface area contributed by atoms with Gasteiger partial charge in [-0.25, -0.2) is 0 Å². The maximum Gasteiger partial charge on any atom is 0.309 e. The topological polar surface area (TPSA) is 57.5 Å². The summed E-state index contributed by atoms with van der Waals surface area (Å²) in [5.74, 6) is -0.734. The minimum Gasteiger partial charge on any atom is -0.481 e. The SMILES string of the molecule is CCC(CC)(CC(C)(O)C(C)C)C(=O)O. The Morgan fingerprint density at radius 1 is 1.27 bits per heavy atom. The van der Waals surface area contributed by atoms with Crippen molar-refractivity contribution in [2.75, 3.05) is 0 Å². The first-order valence-electron chi connectivity index (χ1n) is 5.67. The normalized spacial score (nSPS) is 16.5. The summed E-state index contributed by atoms with van der Waals surface area (Å²) in [6.45, 7) is 9.29. The van der Waals surface area contributed by atoms with E-state index < -0.39 is 17.0 Å². The second-order valence-corrected chi connectivity index (χ2v) is 4.98. The van der Waals surface area contributed by atoms with Crippen LogP contribution in [-0.4, -0.2) is 21.8 Å². The van der Waals surface area contributed by atoms with Crippen LogP contribution in [0.3, 0.4) is 0 Å². The fourth-order valence-corrected chi connectivity index (χ4v) is 1.77. The monoisotopic (exact) mass is 216 g/mol. The number of carboxylic acids is 1. The molecule has 0 aromatic rings. The van der Waals surface area contributed by atoms with Gasteiger partial charge in [0.05, 0.1) is 11.0 Å². The molecule has 0 rings (SSSR count). The molecular weight excluding hydrogens is 192 g/mol. The van der Waals surface area contributed by atoms with Gasteiger partial charge in [0.2, 0.25) is 0 Å². The molecule has 0 radical (unpaired) electrons. The number of hydrogen-bond acceptors (Lipinski definition) is 2. The zero-order valence-corrected chi connectivity index (χ0v) is 10.5. The maximum absolute atomic E-state index is 11.3. The highest BCUT2D eigenvalue weighted by molar-refractivity contribution is 5.74. The van der Waals surface area contributed by atoms with Crippen LogP contribution in [0.15, 0.2) is 0 Å². The van der Waals surface area contributed by atoms with E-state index in [9.17, 15) is 15.0 Å². The molecule has 1 atom stereocenters. The van der Waals surface area contributed by atoms with Crippen molar-refractivity contribution in [3.05, 3.63) is 0 Å². The molecule has 0 saturated carbocycles. The number of rotatable bonds is 6. The van der Waals surface area contributed by atoms with Gasteiger partial charge in [0.25, 0.3) is 0 Å². The van der Waals surface area contributed by atoms with Gasteiger partial charge in [0.1, 0.15) is 0 Å². The van der Waals surface area contributed by atoms with E-state index in [1.54, 1.807) is 6.92 Å². The lowest BCUT2D eigenvalue weighted by Gasteiger charge is -2.37. The highest BCUT2D eigenvalue weighted by Crippen LogP contribution is 2.38. The van der Waals surface area contributed by atoms with E-state index in [0.29, 0.717) is 19.3 Å². The van der Waals surface area contributed by atoms with E-state index in [1.165, 1.54) is 0 Å². The van der Waals surface area contributed by atoms with Crippen molar-refractivity contribution in [3.8, 4) is 0 Å². The second kappa shape index (κ2) is 4.97. The molecule has 0 saturated heterocycles. The lowest BCUT2D eigenvalue weighted by molar-refractivity contribution is -0.155. The second-order valence-electron chi connectivity index (χ2n) is 4.98. The van der Waals surface area contributed by atoms with Crippen molar-refractivity contribution in [1.29, 1.82) is 0 Å². The Hall–Kier alpha value is -0.570. The van der Waals surface area contributed by atoms with Gasteiger partial charge in [-0.3, -0.25) is 4.79 Å². The lowest BCUT2D eigenvalue weighted by Crippen LogP contribution is -2.42. The largest absolute Gasteiger partial charge is 0.481 e. The molecular formula is C12H24O3. The molecule has 0 spiro atoms. The molecule has 2 N–H and O–H groups in total. The van der Waals surface area contributed by atoms with Crippen LogP contribution in [-0.2, 0) is 4.79 Å². The minimum atomic E-state index is -0.912. The molecule has 0 amide bonds. The molecule has 0 aromatic carbocycles. The van der Waals surface area contributed by atoms with Crippen molar-refractivity contribution in [2.45, 2.75) is 59.5 Å². The molecule has 0 fully saturated rings. The van der Waals surface area contributed by atoms with Crippen LogP contribution >= 0.6 is 0 Å². The van der Waals surface area contributed by atoms with Crippen molar-refractivity contribution in [3.63, 3.8) is 0 Å². The highest BCUT2D eigenvalue weighted by Gasteiger charge is 2.42.